The van der Waals surface area contributed by atoms with E-state index in [9.17, 15) is 9.59 Å². The summed E-state index contributed by atoms with van der Waals surface area (Å²) < 4.78 is 0. The van der Waals surface area contributed by atoms with Crippen molar-refractivity contribution in [3.63, 3.8) is 0 Å². The number of aliphatic hydroxyl groups is 1. The van der Waals surface area contributed by atoms with E-state index < -0.39 is 12.1 Å². The maximum atomic E-state index is 9.45. The molecule has 0 radical (unpaired) electrons. The molecule has 0 aliphatic heterocycles. The van der Waals surface area contributed by atoms with Gasteiger partial charge >= 0.3 is 5.97 Å². The van der Waals surface area contributed by atoms with Gasteiger partial charge in [-0.1, -0.05) is 0 Å². The van der Waals surface area contributed by atoms with Crippen molar-refractivity contribution in [3.8, 4) is 0 Å². The van der Waals surface area contributed by atoms with Gasteiger partial charge in [0.2, 0.25) is 5.91 Å². The number of nitrogens with two attached hydrogens (primary N) is 1. The highest BCUT2D eigenvalue weighted by Gasteiger charge is 2.01. The molecule has 0 heterocycles. The maximum absolute atomic E-state index is 9.45. The SMILES string of the molecule is CC(N)=O.CC(O)C(=O)O. The van der Waals surface area contributed by atoms with Gasteiger partial charge in [-0.2, -0.15) is 0 Å². The molecule has 4 N–H and O–H groups in total. The van der Waals surface area contributed by atoms with Crippen molar-refractivity contribution < 1.29 is 19.8 Å². The number of amides is 1. The van der Waals surface area contributed by atoms with Crippen LogP contribution in [0.15, 0.2) is 0 Å². The van der Waals surface area contributed by atoms with E-state index in [2.05, 4.69) is 5.73 Å². The fourth-order valence-corrected chi connectivity index (χ4v) is 0. The van der Waals surface area contributed by atoms with Crippen molar-refractivity contribution in [3.05, 3.63) is 0 Å². The first-order valence-electron chi connectivity index (χ1n) is 2.54. The van der Waals surface area contributed by atoms with Crippen LogP contribution in [0.3, 0.4) is 0 Å². The van der Waals surface area contributed by atoms with Crippen LogP contribution in [-0.4, -0.2) is 28.2 Å². The zero-order valence-corrected chi connectivity index (χ0v) is 5.87. The molecule has 1 unspecified atom stereocenters. The lowest BCUT2D eigenvalue weighted by molar-refractivity contribution is -0.145. The van der Waals surface area contributed by atoms with Gasteiger partial charge in [-0.15, -0.1) is 0 Å². The number of carbonyl (C=O) groups is 2. The zero-order valence-electron chi connectivity index (χ0n) is 5.87. The van der Waals surface area contributed by atoms with Gasteiger partial charge in [-0.05, 0) is 6.92 Å². The Morgan fingerprint density at radius 1 is 1.50 bits per heavy atom. The van der Waals surface area contributed by atoms with E-state index in [-0.39, 0.29) is 5.91 Å². The van der Waals surface area contributed by atoms with E-state index in [1.54, 1.807) is 0 Å². The Morgan fingerprint density at radius 3 is 1.60 bits per heavy atom. The van der Waals surface area contributed by atoms with Crippen LogP contribution in [-0.2, 0) is 9.59 Å². The Balaban J connectivity index is 0. The van der Waals surface area contributed by atoms with Gasteiger partial charge in [0.15, 0.2) is 0 Å². The lowest BCUT2D eigenvalue weighted by Crippen LogP contribution is -2.13. The molecule has 0 aromatic rings. The maximum Gasteiger partial charge on any atom is 0.332 e. The Kier molecular flexibility index (Phi) is 7.03. The standard InChI is InChI=1S/C3H6O3.C2H5NO/c1-2(4)3(5)6;1-2(3)4/h2,4H,1H3,(H,5,6);1H3,(H2,3,4). The van der Waals surface area contributed by atoms with Crippen LogP contribution in [0.25, 0.3) is 0 Å². The number of carbonyl (C=O) groups excluding carboxylic acids is 1. The van der Waals surface area contributed by atoms with Crippen LogP contribution in [0.4, 0.5) is 0 Å². The van der Waals surface area contributed by atoms with Gasteiger partial charge in [0, 0.05) is 6.92 Å². The highest BCUT2D eigenvalue weighted by Crippen LogP contribution is 1.73. The smallest absolute Gasteiger partial charge is 0.332 e. The quantitative estimate of drug-likeness (QED) is 0.442. The second-order valence-corrected chi connectivity index (χ2v) is 1.62. The molecule has 0 saturated heterocycles. The molecule has 0 aliphatic rings. The first kappa shape index (κ1) is 11.7. The van der Waals surface area contributed by atoms with E-state index in [1.807, 2.05) is 0 Å². The van der Waals surface area contributed by atoms with Crippen molar-refractivity contribution >= 4 is 11.9 Å². The Hall–Kier alpha value is -1.10. The first-order valence-corrected chi connectivity index (χ1v) is 2.54. The van der Waals surface area contributed by atoms with Crippen molar-refractivity contribution in [1.82, 2.24) is 0 Å². The van der Waals surface area contributed by atoms with Crippen LogP contribution >= 0.6 is 0 Å². The Labute approximate surface area is 58.5 Å². The summed E-state index contributed by atoms with van der Waals surface area (Å²) in [5.41, 5.74) is 4.47. The van der Waals surface area contributed by atoms with E-state index >= 15 is 0 Å². The van der Waals surface area contributed by atoms with Crippen molar-refractivity contribution in [2.24, 2.45) is 5.73 Å². The zero-order chi connectivity index (χ0) is 8.73. The molecule has 60 valence electrons. The number of aliphatic hydroxyl groups excluding tert-OH is 1. The third-order valence-electron chi connectivity index (χ3n) is 0.357. The second-order valence-electron chi connectivity index (χ2n) is 1.62. The fraction of sp³-hybridized carbons (Fsp3) is 0.600. The minimum Gasteiger partial charge on any atom is -0.479 e. The summed E-state index contributed by atoms with van der Waals surface area (Å²) in [4.78, 5) is 18.7. The van der Waals surface area contributed by atoms with Crippen LogP contribution < -0.4 is 5.73 Å². The van der Waals surface area contributed by atoms with Crippen LogP contribution in [0.5, 0.6) is 0 Å². The van der Waals surface area contributed by atoms with E-state index in [4.69, 9.17) is 10.2 Å². The van der Waals surface area contributed by atoms with Crippen LogP contribution in [0.1, 0.15) is 13.8 Å². The number of hydrogen-bond acceptors (Lipinski definition) is 3. The summed E-state index contributed by atoms with van der Waals surface area (Å²) in [6.07, 6.45) is -1.23. The summed E-state index contributed by atoms with van der Waals surface area (Å²) in [6.45, 7) is 2.50. The molecule has 0 aliphatic carbocycles. The Bertz CT molecular complexity index is 117. The minimum absolute atomic E-state index is 0.333. The first-order chi connectivity index (χ1) is 4.37. The number of aliphatic carboxylic acids is 1. The number of carboxylic acids is 1. The summed E-state index contributed by atoms with van der Waals surface area (Å²) >= 11 is 0. The van der Waals surface area contributed by atoms with Gasteiger partial charge in [0.05, 0.1) is 0 Å². The number of hydrogen-bond donors (Lipinski definition) is 3. The van der Waals surface area contributed by atoms with Gasteiger partial charge in [-0.25, -0.2) is 4.79 Å². The average molecular weight is 149 g/mol. The van der Waals surface area contributed by atoms with Crippen molar-refractivity contribution in [2.45, 2.75) is 20.0 Å². The minimum atomic E-state index is -1.23. The molecule has 5 nitrogen and oxygen atoms in total. The number of rotatable bonds is 1. The number of carboxylic acid groups (broad SMARTS) is 1. The highest BCUT2D eigenvalue weighted by atomic mass is 16.4. The molecule has 0 aromatic carbocycles. The van der Waals surface area contributed by atoms with E-state index in [0.717, 1.165) is 0 Å². The molecule has 0 saturated carbocycles. The fourth-order valence-electron chi connectivity index (χ4n) is 0. The molecule has 0 spiro atoms. The molecule has 5 heteroatoms. The molecule has 0 aromatic heterocycles. The van der Waals surface area contributed by atoms with E-state index in [0.29, 0.717) is 0 Å². The van der Waals surface area contributed by atoms with Gasteiger partial charge in [0.1, 0.15) is 6.10 Å². The topological polar surface area (TPSA) is 101 Å². The third kappa shape index (κ3) is 28.6. The summed E-state index contributed by atoms with van der Waals surface area (Å²) in [5.74, 6) is -1.52. The molecule has 1 amide bonds. The number of primary amides is 1. The lowest BCUT2D eigenvalue weighted by Gasteiger charge is -1.89. The predicted molar refractivity (Wildman–Crippen MR) is 34.2 cm³/mol. The largest absolute Gasteiger partial charge is 0.479 e. The normalized spacial score (nSPS) is 10.7. The third-order valence-corrected chi connectivity index (χ3v) is 0.357. The summed E-state index contributed by atoms with van der Waals surface area (Å²) in [5, 5.41) is 15.8. The molecule has 10 heavy (non-hydrogen) atoms. The van der Waals surface area contributed by atoms with Crippen LogP contribution in [0, 0.1) is 0 Å². The second kappa shape index (κ2) is 6.03. The average Bonchev–Trinajstić information content (AvgIpc) is 1.63. The monoisotopic (exact) mass is 149 g/mol. The van der Waals surface area contributed by atoms with Gasteiger partial charge in [0.25, 0.3) is 0 Å². The highest BCUT2D eigenvalue weighted by molar-refractivity contribution is 5.71. The molecule has 0 bridgehead atoms. The Morgan fingerprint density at radius 2 is 1.60 bits per heavy atom. The predicted octanol–water partition coefficient (Wildman–Crippen LogP) is -1.06. The molecule has 0 fully saturated rings. The summed E-state index contributed by atoms with van der Waals surface area (Å²) in [6, 6.07) is 0. The van der Waals surface area contributed by atoms with Gasteiger partial charge < -0.3 is 15.9 Å². The summed E-state index contributed by atoms with van der Waals surface area (Å²) in [7, 11) is 0. The molecule has 1 atom stereocenters. The van der Waals surface area contributed by atoms with Crippen molar-refractivity contribution in [2.75, 3.05) is 0 Å². The molecule has 0 rings (SSSR count). The van der Waals surface area contributed by atoms with E-state index in [1.165, 1.54) is 13.8 Å². The molecular weight excluding hydrogens is 138 g/mol. The molecular formula is C5H11NO4. The van der Waals surface area contributed by atoms with Crippen LogP contribution in [0.2, 0.25) is 0 Å². The van der Waals surface area contributed by atoms with Crippen molar-refractivity contribution in [1.29, 1.82) is 0 Å². The lowest BCUT2D eigenvalue weighted by atomic mass is 10.4. The van der Waals surface area contributed by atoms with Gasteiger partial charge in [-0.3, -0.25) is 4.79 Å².